The first-order valence-corrected chi connectivity index (χ1v) is 9.69. The first kappa shape index (κ1) is 19.1. The van der Waals surface area contributed by atoms with Gasteiger partial charge >= 0.3 is 0 Å². The molecule has 28 heavy (non-hydrogen) atoms. The third-order valence-electron chi connectivity index (χ3n) is 4.80. The Bertz CT molecular complexity index is 1050. The highest BCUT2D eigenvalue weighted by Gasteiger charge is 2.23. The lowest BCUT2D eigenvalue weighted by atomic mass is 10.0. The minimum Gasteiger partial charge on any atom is -0.478 e. The van der Waals surface area contributed by atoms with Crippen LogP contribution in [0.4, 0.5) is 0 Å². The second-order valence-corrected chi connectivity index (χ2v) is 7.32. The molecule has 3 heterocycles. The molecular formula is C19H18Cl2N4O3. The Morgan fingerprint density at radius 2 is 2.29 bits per heavy atom. The van der Waals surface area contributed by atoms with Gasteiger partial charge in [-0.3, -0.25) is 0 Å². The molecule has 7 nitrogen and oxygen atoms in total. The summed E-state index contributed by atoms with van der Waals surface area (Å²) in [5.74, 6) is 0.415. The third-order valence-corrected chi connectivity index (χ3v) is 5.59. The lowest BCUT2D eigenvalue weighted by Crippen LogP contribution is -2.18. The zero-order chi connectivity index (χ0) is 19.7. The molecule has 0 bridgehead atoms. The molecule has 1 atom stereocenters. The van der Waals surface area contributed by atoms with E-state index in [1.165, 1.54) is 0 Å². The van der Waals surface area contributed by atoms with Crippen LogP contribution in [0.15, 0.2) is 18.5 Å². The number of nitrogens with zero attached hydrogens (tertiary/aromatic N) is 3. The number of aliphatic hydroxyl groups is 1. The summed E-state index contributed by atoms with van der Waals surface area (Å²) < 4.78 is 13.2. The van der Waals surface area contributed by atoms with Gasteiger partial charge in [-0.05, 0) is 19.3 Å². The molecule has 0 aliphatic carbocycles. The standard InChI is InChI=1S/C19H18Cl2N4O3/c20-12-7-14(27-6-4-22)17-16(13(10-26)24-19(17)18(12)21)11-8-23-25(9-11)15-3-1-2-5-28-15/h7-9,15,24,26H,1-3,5-6,10H2. The minimum atomic E-state index is -0.235. The van der Waals surface area contributed by atoms with Crippen LogP contribution in [0.2, 0.25) is 10.0 Å². The molecule has 146 valence electrons. The number of aliphatic hydroxyl groups excluding tert-OH is 1. The van der Waals surface area contributed by atoms with Crippen molar-refractivity contribution in [1.29, 1.82) is 5.26 Å². The molecule has 9 heteroatoms. The number of hydrogen-bond acceptors (Lipinski definition) is 5. The van der Waals surface area contributed by atoms with Crippen LogP contribution in [0, 0.1) is 11.3 Å². The number of ether oxygens (including phenoxy) is 2. The van der Waals surface area contributed by atoms with E-state index in [1.54, 1.807) is 16.9 Å². The van der Waals surface area contributed by atoms with Gasteiger partial charge in [0.1, 0.15) is 18.0 Å². The van der Waals surface area contributed by atoms with Crippen LogP contribution in [0.3, 0.4) is 0 Å². The Kier molecular flexibility index (Phi) is 5.47. The second-order valence-electron chi connectivity index (χ2n) is 6.53. The number of halogens is 2. The fraction of sp³-hybridized carbons (Fsp3) is 0.368. The first-order chi connectivity index (χ1) is 13.6. The summed E-state index contributed by atoms with van der Waals surface area (Å²) in [5, 5.41) is 24.5. The van der Waals surface area contributed by atoms with E-state index in [0.717, 1.165) is 31.4 Å². The summed E-state index contributed by atoms with van der Waals surface area (Å²) in [6.45, 7) is 0.344. The molecule has 1 fully saturated rings. The van der Waals surface area contributed by atoms with Gasteiger partial charge in [0.25, 0.3) is 0 Å². The Labute approximate surface area is 171 Å². The highest BCUT2D eigenvalue weighted by molar-refractivity contribution is 6.45. The molecule has 4 rings (SSSR count). The maximum Gasteiger partial charge on any atom is 0.174 e. The van der Waals surface area contributed by atoms with E-state index >= 15 is 0 Å². The average molecular weight is 421 g/mol. The summed E-state index contributed by atoms with van der Waals surface area (Å²) in [5.41, 5.74) is 2.60. The highest BCUT2D eigenvalue weighted by Crippen LogP contribution is 2.44. The van der Waals surface area contributed by atoms with Crippen LogP contribution in [0.5, 0.6) is 5.75 Å². The van der Waals surface area contributed by atoms with Crippen molar-refractivity contribution in [3.05, 3.63) is 34.2 Å². The lowest BCUT2D eigenvalue weighted by molar-refractivity contribution is -0.0394. The Hall–Kier alpha value is -2.24. The summed E-state index contributed by atoms with van der Waals surface area (Å²) in [6.07, 6.45) is 6.55. The van der Waals surface area contributed by atoms with Crippen LogP contribution in [0.25, 0.3) is 22.0 Å². The van der Waals surface area contributed by atoms with Gasteiger partial charge in [-0.1, -0.05) is 23.2 Å². The molecular weight excluding hydrogens is 403 g/mol. The van der Waals surface area contributed by atoms with Crippen molar-refractivity contribution in [1.82, 2.24) is 14.8 Å². The van der Waals surface area contributed by atoms with Crippen LogP contribution < -0.4 is 4.74 Å². The number of H-pyrrole nitrogens is 1. The number of aromatic nitrogens is 3. The van der Waals surface area contributed by atoms with E-state index in [4.69, 9.17) is 37.9 Å². The molecule has 1 unspecified atom stereocenters. The molecule has 0 amide bonds. The number of hydrogen-bond donors (Lipinski definition) is 2. The predicted molar refractivity (Wildman–Crippen MR) is 105 cm³/mol. The third kappa shape index (κ3) is 3.33. The highest BCUT2D eigenvalue weighted by atomic mass is 35.5. The van der Waals surface area contributed by atoms with Crippen LogP contribution in [0.1, 0.15) is 31.2 Å². The van der Waals surface area contributed by atoms with Gasteiger partial charge in [0.15, 0.2) is 6.61 Å². The van der Waals surface area contributed by atoms with E-state index in [9.17, 15) is 5.11 Å². The van der Waals surface area contributed by atoms with Gasteiger partial charge < -0.3 is 19.6 Å². The van der Waals surface area contributed by atoms with Crippen LogP contribution >= 0.6 is 23.2 Å². The van der Waals surface area contributed by atoms with Crippen molar-refractivity contribution in [2.75, 3.05) is 13.2 Å². The number of nitriles is 1. The van der Waals surface area contributed by atoms with Gasteiger partial charge in [-0.15, -0.1) is 0 Å². The summed E-state index contributed by atoms with van der Waals surface area (Å²) in [6, 6.07) is 3.53. The van der Waals surface area contributed by atoms with Crippen molar-refractivity contribution < 1.29 is 14.6 Å². The number of fused-ring (bicyclic) bond motifs is 1. The van der Waals surface area contributed by atoms with Gasteiger partial charge in [0, 0.05) is 35.7 Å². The summed E-state index contributed by atoms with van der Waals surface area (Å²) in [4.78, 5) is 3.13. The smallest absolute Gasteiger partial charge is 0.174 e. The SMILES string of the molecule is N#CCOc1cc(Cl)c(Cl)c2[nH]c(CO)c(-c3cnn(C4CCCCO4)c3)c12. The summed E-state index contributed by atoms with van der Waals surface area (Å²) in [7, 11) is 0. The quantitative estimate of drug-likeness (QED) is 0.635. The molecule has 0 radical (unpaired) electrons. The van der Waals surface area contributed by atoms with E-state index in [-0.39, 0.29) is 19.4 Å². The number of nitrogens with one attached hydrogen (secondary N) is 1. The van der Waals surface area contributed by atoms with E-state index in [1.807, 2.05) is 12.3 Å². The zero-order valence-corrected chi connectivity index (χ0v) is 16.4. The molecule has 2 aromatic heterocycles. The molecule has 2 N–H and O–H groups in total. The van der Waals surface area contributed by atoms with Gasteiger partial charge in [0.05, 0.1) is 33.8 Å². The van der Waals surface area contributed by atoms with Crippen molar-refractivity contribution in [3.8, 4) is 22.9 Å². The van der Waals surface area contributed by atoms with Gasteiger partial charge in [0.2, 0.25) is 0 Å². The fourth-order valence-electron chi connectivity index (χ4n) is 3.55. The van der Waals surface area contributed by atoms with E-state index < -0.39 is 0 Å². The average Bonchev–Trinajstić information content (AvgIpc) is 3.35. The molecule has 1 saturated heterocycles. The Morgan fingerprint density at radius 1 is 1.43 bits per heavy atom. The molecule has 1 aliphatic heterocycles. The Morgan fingerprint density at radius 3 is 3.00 bits per heavy atom. The monoisotopic (exact) mass is 420 g/mol. The fourth-order valence-corrected chi connectivity index (χ4v) is 3.94. The number of benzene rings is 1. The number of aromatic amines is 1. The lowest BCUT2D eigenvalue weighted by Gasteiger charge is -2.22. The van der Waals surface area contributed by atoms with Crippen LogP contribution in [-0.2, 0) is 11.3 Å². The van der Waals surface area contributed by atoms with Crippen LogP contribution in [-0.4, -0.2) is 33.1 Å². The minimum absolute atomic E-state index is 0.0994. The molecule has 1 aromatic carbocycles. The maximum absolute atomic E-state index is 9.91. The largest absolute Gasteiger partial charge is 0.478 e. The Balaban J connectivity index is 1.87. The van der Waals surface area contributed by atoms with Crippen molar-refractivity contribution in [2.24, 2.45) is 0 Å². The molecule has 0 saturated carbocycles. The predicted octanol–water partition coefficient (Wildman–Crippen LogP) is 4.43. The molecule has 3 aromatic rings. The second kappa shape index (κ2) is 8.02. The topological polar surface area (TPSA) is 96.1 Å². The van der Waals surface area contributed by atoms with Crippen molar-refractivity contribution in [3.63, 3.8) is 0 Å². The summed E-state index contributed by atoms with van der Waals surface area (Å²) >= 11 is 12.6. The first-order valence-electron chi connectivity index (χ1n) is 8.93. The van der Waals surface area contributed by atoms with Gasteiger partial charge in [-0.2, -0.15) is 10.4 Å². The molecule has 0 spiro atoms. The van der Waals surface area contributed by atoms with Crippen molar-refractivity contribution in [2.45, 2.75) is 32.1 Å². The van der Waals surface area contributed by atoms with Gasteiger partial charge in [-0.25, -0.2) is 4.68 Å². The van der Waals surface area contributed by atoms with Crippen molar-refractivity contribution >= 4 is 34.1 Å². The maximum atomic E-state index is 9.91. The molecule has 1 aliphatic rings. The van der Waals surface area contributed by atoms with E-state index in [0.29, 0.717) is 38.0 Å². The normalized spacial score (nSPS) is 17.0. The zero-order valence-electron chi connectivity index (χ0n) is 14.9. The van der Waals surface area contributed by atoms with E-state index in [2.05, 4.69) is 10.1 Å². The number of rotatable bonds is 5.